The molecule has 0 unspecified atom stereocenters. The predicted molar refractivity (Wildman–Crippen MR) is 73.5 cm³/mol. The summed E-state index contributed by atoms with van der Waals surface area (Å²) in [5.74, 6) is 1.67. The van der Waals surface area contributed by atoms with Gasteiger partial charge in [0.15, 0.2) is 5.82 Å². The van der Waals surface area contributed by atoms with E-state index in [-0.39, 0.29) is 0 Å². The molecule has 1 N–H and O–H groups in total. The lowest BCUT2D eigenvalue weighted by molar-refractivity contribution is 0.988. The van der Waals surface area contributed by atoms with Gasteiger partial charge in [0.2, 0.25) is 0 Å². The number of aryl methyl sites for hydroxylation is 1. The van der Waals surface area contributed by atoms with Crippen molar-refractivity contribution in [2.24, 2.45) is 0 Å². The zero-order valence-electron chi connectivity index (χ0n) is 11.1. The molecule has 0 bridgehead atoms. The first-order valence-electron chi connectivity index (χ1n) is 6.28. The molecule has 94 valence electrons. The van der Waals surface area contributed by atoms with E-state index in [9.17, 15) is 0 Å². The first kappa shape index (κ1) is 12.5. The Kier molecular flexibility index (Phi) is 3.87. The Balaban J connectivity index is 2.51. The van der Waals surface area contributed by atoms with Crippen molar-refractivity contribution >= 4 is 5.82 Å². The third kappa shape index (κ3) is 2.47. The molecule has 0 spiro atoms. The van der Waals surface area contributed by atoms with Gasteiger partial charge in [0.25, 0.3) is 0 Å². The summed E-state index contributed by atoms with van der Waals surface area (Å²) in [6.07, 6.45) is 4.47. The Hall–Kier alpha value is -1.97. The third-order valence-corrected chi connectivity index (χ3v) is 2.83. The van der Waals surface area contributed by atoms with Crippen LogP contribution in [0.5, 0.6) is 0 Å². The molecule has 2 rings (SSSR count). The molecule has 0 aromatic carbocycles. The van der Waals surface area contributed by atoms with Gasteiger partial charge in [-0.05, 0) is 32.4 Å². The molecule has 0 fully saturated rings. The number of aromatic nitrogens is 3. The molecule has 0 saturated carbocycles. The lowest BCUT2D eigenvalue weighted by Gasteiger charge is -2.12. The van der Waals surface area contributed by atoms with E-state index in [1.165, 1.54) is 5.56 Å². The SMILES string of the molecule is CCNc1nc(-c2cccnc2)nc(C)c1CC. The summed E-state index contributed by atoms with van der Waals surface area (Å²) in [6.45, 7) is 7.08. The summed E-state index contributed by atoms with van der Waals surface area (Å²) in [6, 6.07) is 3.87. The molecule has 2 aromatic rings. The van der Waals surface area contributed by atoms with Gasteiger partial charge in [0, 0.05) is 35.8 Å². The first-order chi connectivity index (χ1) is 8.76. The molecule has 2 heterocycles. The smallest absolute Gasteiger partial charge is 0.163 e. The van der Waals surface area contributed by atoms with Crippen molar-refractivity contribution in [1.82, 2.24) is 15.0 Å². The highest BCUT2D eigenvalue weighted by atomic mass is 15.0. The molecular weight excluding hydrogens is 224 g/mol. The van der Waals surface area contributed by atoms with Gasteiger partial charge in [-0.3, -0.25) is 4.98 Å². The summed E-state index contributed by atoms with van der Waals surface area (Å²) in [4.78, 5) is 13.3. The van der Waals surface area contributed by atoms with Crippen molar-refractivity contribution in [2.75, 3.05) is 11.9 Å². The number of nitrogens with one attached hydrogen (secondary N) is 1. The Bertz CT molecular complexity index is 523. The maximum Gasteiger partial charge on any atom is 0.163 e. The van der Waals surface area contributed by atoms with Crippen LogP contribution in [0, 0.1) is 6.92 Å². The Labute approximate surface area is 108 Å². The van der Waals surface area contributed by atoms with Crippen molar-refractivity contribution in [3.63, 3.8) is 0 Å². The van der Waals surface area contributed by atoms with E-state index in [1.54, 1.807) is 12.4 Å². The minimum absolute atomic E-state index is 0.730. The highest BCUT2D eigenvalue weighted by Gasteiger charge is 2.10. The lowest BCUT2D eigenvalue weighted by Crippen LogP contribution is -2.08. The molecule has 4 nitrogen and oxygen atoms in total. The predicted octanol–water partition coefficient (Wildman–Crippen LogP) is 2.84. The zero-order chi connectivity index (χ0) is 13.0. The molecule has 4 heteroatoms. The average Bonchev–Trinajstić information content (AvgIpc) is 2.40. The summed E-state index contributed by atoms with van der Waals surface area (Å²) < 4.78 is 0. The van der Waals surface area contributed by atoms with Gasteiger partial charge in [-0.2, -0.15) is 0 Å². The van der Waals surface area contributed by atoms with Crippen LogP contribution in [-0.2, 0) is 6.42 Å². The number of pyridine rings is 1. The van der Waals surface area contributed by atoms with Crippen molar-refractivity contribution in [3.05, 3.63) is 35.8 Å². The normalized spacial score (nSPS) is 10.4. The number of hydrogen-bond donors (Lipinski definition) is 1. The second kappa shape index (κ2) is 5.58. The van der Waals surface area contributed by atoms with E-state index in [0.29, 0.717) is 0 Å². The van der Waals surface area contributed by atoms with Crippen LogP contribution in [0.2, 0.25) is 0 Å². The van der Waals surface area contributed by atoms with Gasteiger partial charge in [0.05, 0.1) is 0 Å². The second-order valence-electron chi connectivity index (χ2n) is 4.09. The van der Waals surface area contributed by atoms with Crippen LogP contribution >= 0.6 is 0 Å². The number of anilines is 1. The fourth-order valence-electron chi connectivity index (χ4n) is 1.96. The van der Waals surface area contributed by atoms with E-state index >= 15 is 0 Å². The maximum absolute atomic E-state index is 4.60. The second-order valence-corrected chi connectivity index (χ2v) is 4.09. The molecular formula is C14H18N4. The van der Waals surface area contributed by atoms with Gasteiger partial charge in [-0.15, -0.1) is 0 Å². The van der Waals surface area contributed by atoms with Crippen molar-refractivity contribution in [3.8, 4) is 11.4 Å². The lowest BCUT2D eigenvalue weighted by atomic mass is 10.1. The monoisotopic (exact) mass is 242 g/mol. The maximum atomic E-state index is 4.60. The van der Waals surface area contributed by atoms with Crippen LogP contribution < -0.4 is 5.32 Å². The van der Waals surface area contributed by atoms with Gasteiger partial charge in [-0.25, -0.2) is 9.97 Å². The topological polar surface area (TPSA) is 50.7 Å². The Morgan fingerprint density at radius 1 is 1.22 bits per heavy atom. The van der Waals surface area contributed by atoms with Crippen LogP contribution in [0.3, 0.4) is 0 Å². The summed E-state index contributed by atoms with van der Waals surface area (Å²) in [7, 11) is 0. The molecule has 0 aliphatic rings. The number of hydrogen-bond acceptors (Lipinski definition) is 4. The van der Waals surface area contributed by atoms with Gasteiger partial charge >= 0.3 is 0 Å². The molecule has 0 saturated heterocycles. The van der Waals surface area contributed by atoms with Crippen molar-refractivity contribution < 1.29 is 0 Å². The fourth-order valence-corrected chi connectivity index (χ4v) is 1.96. The molecule has 0 aliphatic heterocycles. The van der Waals surface area contributed by atoms with Crippen LogP contribution in [0.4, 0.5) is 5.82 Å². The van der Waals surface area contributed by atoms with E-state index in [2.05, 4.69) is 34.1 Å². The minimum atomic E-state index is 0.730. The van der Waals surface area contributed by atoms with Crippen LogP contribution in [0.15, 0.2) is 24.5 Å². The average molecular weight is 242 g/mol. The standard InChI is InChI=1S/C14H18N4/c1-4-12-10(3)17-13(18-14(12)16-5-2)11-7-6-8-15-9-11/h6-9H,4-5H2,1-3H3,(H,16,17,18). The minimum Gasteiger partial charge on any atom is -0.370 e. The van der Waals surface area contributed by atoms with Gasteiger partial charge in [-0.1, -0.05) is 6.92 Å². The molecule has 0 aliphatic carbocycles. The van der Waals surface area contributed by atoms with Crippen LogP contribution in [0.25, 0.3) is 11.4 Å². The van der Waals surface area contributed by atoms with Crippen molar-refractivity contribution in [1.29, 1.82) is 0 Å². The zero-order valence-corrected chi connectivity index (χ0v) is 11.1. The Morgan fingerprint density at radius 3 is 2.67 bits per heavy atom. The fraction of sp³-hybridized carbons (Fsp3) is 0.357. The number of nitrogens with zero attached hydrogens (tertiary/aromatic N) is 3. The van der Waals surface area contributed by atoms with Gasteiger partial charge < -0.3 is 5.32 Å². The van der Waals surface area contributed by atoms with E-state index in [1.807, 2.05) is 19.1 Å². The van der Waals surface area contributed by atoms with E-state index in [4.69, 9.17) is 0 Å². The highest BCUT2D eigenvalue weighted by molar-refractivity contribution is 5.58. The Morgan fingerprint density at radius 2 is 2.06 bits per heavy atom. The molecule has 0 atom stereocenters. The van der Waals surface area contributed by atoms with Crippen LogP contribution in [0.1, 0.15) is 25.1 Å². The summed E-state index contributed by atoms with van der Waals surface area (Å²) in [5, 5.41) is 3.31. The molecule has 2 aromatic heterocycles. The molecule has 18 heavy (non-hydrogen) atoms. The largest absolute Gasteiger partial charge is 0.370 e. The quantitative estimate of drug-likeness (QED) is 0.895. The summed E-state index contributed by atoms with van der Waals surface area (Å²) in [5.41, 5.74) is 3.16. The van der Waals surface area contributed by atoms with E-state index < -0.39 is 0 Å². The van der Waals surface area contributed by atoms with Crippen molar-refractivity contribution in [2.45, 2.75) is 27.2 Å². The highest BCUT2D eigenvalue weighted by Crippen LogP contribution is 2.22. The molecule has 0 amide bonds. The van der Waals surface area contributed by atoms with Gasteiger partial charge in [0.1, 0.15) is 5.82 Å². The van der Waals surface area contributed by atoms with Crippen LogP contribution in [-0.4, -0.2) is 21.5 Å². The number of rotatable bonds is 4. The third-order valence-electron chi connectivity index (χ3n) is 2.83. The van der Waals surface area contributed by atoms with E-state index in [0.717, 1.165) is 35.9 Å². The first-order valence-corrected chi connectivity index (χ1v) is 6.28. The molecule has 0 radical (unpaired) electrons. The summed E-state index contributed by atoms with van der Waals surface area (Å²) >= 11 is 0.